The maximum atomic E-state index is 12.8. The summed E-state index contributed by atoms with van der Waals surface area (Å²) in [5, 5.41) is 0. The molecule has 2 bridgehead atoms. The summed E-state index contributed by atoms with van der Waals surface area (Å²) in [5.41, 5.74) is 2.29. The smallest absolute Gasteiger partial charge is 0.142 e. The van der Waals surface area contributed by atoms with Crippen LogP contribution >= 0.6 is 0 Å². The molecule has 130 valence electrons. The number of ketones is 1. The summed E-state index contributed by atoms with van der Waals surface area (Å²) in [6.45, 7) is 1.03. The lowest BCUT2D eigenvalue weighted by Crippen LogP contribution is -2.52. The van der Waals surface area contributed by atoms with Crippen LogP contribution in [-0.4, -0.2) is 27.8 Å². The topological polar surface area (TPSA) is 33.2 Å². The van der Waals surface area contributed by atoms with Gasteiger partial charge in [0.15, 0.2) is 0 Å². The second-order valence-electron chi connectivity index (χ2n) is 7.53. The van der Waals surface area contributed by atoms with Crippen LogP contribution in [0.15, 0.2) is 54.7 Å². The van der Waals surface area contributed by atoms with Gasteiger partial charge in [0.25, 0.3) is 0 Å². The standard InChI is InChI=1S/C22H26N2O/c25-22(15-19-9-4-5-12-23-19)18-13-20-10-6-11-21(14-18)24(20)16-17-7-2-1-3-8-17/h1-5,7-9,12,18,20-21H,6,10-11,13-16H2. The van der Waals surface area contributed by atoms with E-state index in [1.807, 2.05) is 18.2 Å². The number of Topliss-reactive ketones (excluding diaryl/α,β-unsaturated/α-hetero) is 1. The van der Waals surface area contributed by atoms with Crippen molar-refractivity contribution in [3.05, 3.63) is 66.0 Å². The minimum Gasteiger partial charge on any atom is -0.299 e. The molecule has 3 heterocycles. The molecule has 3 nitrogen and oxygen atoms in total. The third-order valence-corrected chi connectivity index (χ3v) is 5.87. The van der Waals surface area contributed by atoms with E-state index in [2.05, 4.69) is 40.2 Å². The lowest BCUT2D eigenvalue weighted by Gasteiger charge is -2.48. The molecule has 0 spiro atoms. The Morgan fingerprint density at radius 2 is 1.72 bits per heavy atom. The van der Waals surface area contributed by atoms with Crippen LogP contribution in [0, 0.1) is 5.92 Å². The SMILES string of the molecule is O=C(Cc1ccccn1)C1CC2CCCC(C1)N2Cc1ccccc1. The summed E-state index contributed by atoms with van der Waals surface area (Å²) >= 11 is 0. The molecule has 2 atom stereocenters. The van der Waals surface area contributed by atoms with E-state index in [9.17, 15) is 4.79 Å². The Bertz CT molecular complexity index is 686. The molecule has 25 heavy (non-hydrogen) atoms. The number of carbonyl (C=O) groups excluding carboxylic acids is 1. The predicted molar refractivity (Wildman–Crippen MR) is 99.1 cm³/mol. The van der Waals surface area contributed by atoms with Gasteiger partial charge in [-0.2, -0.15) is 0 Å². The molecule has 2 aliphatic heterocycles. The summed E-state index contributed by atoms with van der Waals surface area (Å²) in [4.78, 5) is 19.8. The summed E-state index contributed by atoms with van der Waals surface area (Å²) in [7, 11) is 0. The Morgan fingerprint density at radius 3 is 2.40 bits per heavy atom. The van der Waals surface area contributed by atoms with Gasteiger partial charge in [-0.05, 0) is 43.4 Å². The molecule has 2 fully saturated rings. The number of hydrogen-bond acceptors (Lipinski definition) is 3. The highest BCUT2D eigenvalue weighted by Crippen LogP contribution is 2.38. The molecule has 1 aromatic carbocycles. The molecule has 2 saturated heterocycles. The predicted octanol–water partition coefficient (Wildman–Crippen LogP) is 4.03. The summed E-state index contributed by atoms with van der Waals surface area (Å²) in [6.07, 6.45) is 8.09. The lowest BCUT2D eigenvalue weighted by atomic mass is 9.76. The minimum atomic E-state index is 0.212. The van der Waals surface area contributed by atoms with E-state index in [4.69, 9.17) is 0 Å². The van der Waals surface area contributed by atoms with Crippen molar-refractivity contribution >= 4 is 5.78 Å². The summed E-state index contributed by atoms with van der Waals surface area (Å²) < 4.78 is 0. The van der Waals surface area contributed by atoms with Crippen LogP contribution in [-0.2, 0) is 17.8 Å². The van der Waals surface area contributed by atoms with E-state index in [0.29, 0.717) is 24.3 Å². The van der Waals surface area contributed by atoms with E-state index in [0.717, 1.165) is 25.1 Å². The molecule has 4 rings (SSSR count). The zero-order valence-corrected chi connectivity index (χ0v) is 14.7. The fourth-order valence-electron chi connectivity index (χ4n) is 4.62. The van der Waals surface area contributed by atoms with Crippen molar-refractivity contribution in [1.29, 1.82) is 0 Å². The number of piperidine rings is 2. The second kappa shape index (κ2) is 7.49. The zero-order chi connectivity index (χ0) is 17.1. The Kier molecular flexibility index (Phi) is 4.93. The number of nitrogens with zero attached hydrogens (tertiary/aromatic N) is 2. The van der Waals surface area contributed by atoms with Crippen LogP contribution in [0.3, 0.4) is 0 Å². The number of rotatable bonds is 5. The molecule has 0 aliphatic carbocycles. The van der Waals surface area contributed by atoms with Crippen LogP contribution in [0.25, 0.3) is 0 Å². The van der Waals surface area contributed by atoms with Crippen LogP contribution in [0.2, 0.25) is 0 Å². The Hall–Kier alpha value is -2.00. The number of carbonyl (C=O) groups is 1. The van der Waals surface area contributed by atoms with Gasteiger partial charge in [-0.3, -0.25) is 14.7 Å². The molecule has 2 aliphatic rings. The molecule has 0 amide bonds. The molecule has 2 aromatic rings. The van der Waals surface area contributed by atoms with E-state index >= 15 is 0 Å². The summed E-state index contributed by atoms with van der Waals surface area (Å²) in [6, 6.07) is 17.7. The molecule has 0 N–H and O–H groups in total. The quantitative estimate of drug-likeness (QED) is 0.828. The summed E-state index contributed by atoms with van der Waals surface area (Å²) in [5.74, 6) is 0.597. The van der Waals surface area contributed by atoms with Crippen molar-refractivity contribution in [2.45, 2.75) is 57.2 Å². The van der Waals surface area contributed by atoms with Gasteiger partial charge in [-0.15, -0.1) is 0 Å². The number of benzene rings is 1. The number of fused-ring (bicyclic) bond motifs is 2. The van der Waals surface area contributed by atoms with Crippen molar-refractivity contribution in [2.75, 3.05) is 0 Å². The van der Waals surface area contributed by atoms with Crippen molar-refractivity contribution in [2.24, 2.45) is 5.92 Å². The average molecular weight is 334 g/mol. The number of aromatic nitrogens is 1. The minimum absolute atomic E-state index is 0.212. The first-order valence-corrected chi connectivity index (χ1v) is 9.52. The van der Waals surface area contributed by atoms with E-state index in [1.54, 1.807) is 6.20 Å². The third-order valence-electron chi connectivity index (χ3n) is 5.87. The van der Waals surface area contributed by atoms with Crippen molar-refractivity contribution in [3.63, 3.8) is 0 Å². The maximum Gasteiger partial charge on any atom is 0.142 e. The largest absolute Gasteiger partial charge is 0.299 e. The third kappa shape index (κ3) is 3.82. The molecule has 3 heteroatoms. The maximum absolute atomic E-state index is 12.8. The second-order valence-corrected chi connectivity index (χ2v) is 7.53. The monoisotopic (exact) mass is 334 g/mol. The van der Waals surface area contributed by atoms with Gasteiger partial charge in [-0.1, -0.05) is 42.8 Å². The molecule has 0 saturated carbocycles. The highest BCUT2D eigenvalue weighted by atomic mass is 16.1. The normalized spacial score (nSPS) is 26.3. The van der Waals surface area contributed by atoms with Crippen molar-refractivity contribution in [3.8, 4) is 0 Å². The fraction of sp³-hybridized carbons (Fsp3) is 0.455. The Morgan fingerprint density at radius 1 is 1.00 bits per heavy atom. The molecule has 0 radical (unpaired) electrons. The number of pyridine rings is 1. The molecular weight excluding hydrogens is 308 g/mol. The molecule has 1 aromatic heterocycles. The van der Waals surface area contributed by atoms with E-state index in [-0.39, 0.29) is 5.92 Å². The highest BCUT2D eigenvalue weighted by Gasteiger charge is 2.40. The van der Waals surface area contributed by atoms with E-state index < -0.39 is 0 Å². The van der Waals surface area contributed by atoms with Gasteiger partial charge in [0, 0.05) is 42.9 Å². The van der Waals surface area contributed by atoms with Crippen molar-refractivity contribution < 1.29 is 4.79 Å². The first-order valence-electron chi connectivity index (χ1n) is 9.52. The first-order chi connectivity index (χ1) is 12.3. The van der Waals surface area contributed by atoms with Gasteiger partial charge < -0.3 is 0 Å². The Labute approximate surface area is 150 Å². The average Bonchev–Trinajstić information content (AvgIpc) is 2.63. The highest BCUT2D eigenvalue weighted by molar-refractivity contribution is 5.83. The van der Waals surface area contributed by atoms with Crippen LogP contribution in [0.4, 0.5) is 0 Å². The molecule has 2 unspecified atom stereocenters. The first kappa shape index (κ1) is 16.5. The van der Waals surface area contributed by atoms with Crippen molar-refractivity contribution in [1.82, 2.24) is 9.88 Å². The van der Waals surface area contributed by atoms with Crippen LogP contribution in [0.5, 0.6) is 0 Å². The Balaban J connectivity index is 1.43. The molecular formula is C22H26N2O. The van der Waals surface area contributed by atoms with Crippen LogP contribution in [0.1, 0.15) is 43.4 Å². The van der Waals surface area contributed by atoms with E-state index in [1.165, 1.54) is 24.8 Å². The number of hydrogen-bond donors (Lipinski definition) is 0. The zero-order valence-electron chi connectivity index (χ0n) is 14.7. The van der Waals surface area contributed by atoms with Gasteiger partial charge in [0.05, 0.1) is 0 Å². The van der Waals surface area contributed by atoms with Crippen LogP contribution < -0.4 is 0 Å². The van der Waals surface area contributed by atoms with Gasteiger partial charge in [-0.25, -0.2) is 0 Å². The van der Waals surface area contributed by atoms with Gasteiger partial charge in [0.2, 0.25) is 0 Å². The lowest BCUT2D eigenvalue weighted by molar-refractivity contribution is -0.126. The van der Waals surface area contributed by atoms with Gasteiger partial charge >= 0.3 is 0 Å². The van der Waals surface area contributed by atoms with Gasteiger partial charge in [0.1, 0.15) is 5.78 Å². The fourth-order valence-corrected chi connectivity index (χ4v) is 4.62.